The molecule has 1 aliphatic carbocycles. The fourth-order valence-corrected chi connectivity index (χ4v) is 3.16. The van der Waals surface area contributed by atoms with Gasteiger partial charge in [0, 0.05) is 0 Å². The van der Waals surface area contributed by atoms with E-state index in [1.165, 1.54) is 32.1 Å². The third-order valence-electron chi connectivity index (χ3n) is 5.01. The van der Waals surface area contributed by atoms with E-state index >= 15 is 0 Å². The van der Waals surface area contributed by atoms with E-state index < -0.39 is 0 Å². The van der Waals surface area contributed by atoms with E-state index in [0.29, 0.717) is 10.8 Å². The van der Waals surface area contributed by atoms with Crippen molar-refractivity contribution < 1.29 is 0 Å². The second kappa shape index (κ2) is 3.63. The van der Waals surface area contributed by atoms with Gasteiger partial charge in [0.1, 0.15) is 0 Å². The molecule has 3 atom stereocenters. The van der Waals surface area contributed by atoms with Gasteiger partial charge in [-0.1, -0.05) is 53.9 Å². The highest BCUT2D eigenvalue weighted by Crippen LogP contribution is 2.55. The van der Waals surface area contributed by atoms with Crippen molar-refractivity contribution in [2.45, 2.75) is 66.7 Å². The summed E-state index contributed by atoms with van der Waals surface area (Å²) in [7, 11) is 0. The van der Waals surface area contributed by atoms with Crippen molar-refractivity contribution in [3.05, 3.63) is 0 Å². The SMILES string of the molecule is CC[C@@]1(C)CC(C)CC[C@@]1(C)CC. The molecule has 0 nitrogen and oxygen atoms in total. The van der Waals surface area contributed by atoms with E-state index in [0.717, 1.165) is 5.92 Å². The highest BCUT2D eigenvalue weighted by Gasteiger charge is 2.45. The first-order chi connectivity index (χ1) is 5.97. The zero-order chi connectivity index (χ0) is 10.1. The molecular weight excluding hydrogens is 156 g/mol. The highest BCUT2D eigenvalue weighted by molar-refractivity contribution is 4.95. The van der Waals surface area contributed by atoms with Crippen LogP contribution in [0.3, 0.4) is 0 Å². The van der Waals surface area contributed by atoms with E-state index in [-0.39, 0.29) is 0 Å². The third kappa shape index (κ3) is 1.78. The second-order valence-corrected chi connectivity index (χ2v) is 5.68. The molecule has 0 N–H and O–H groups in total. The van der Waals surface area contributed by atoms with Gasteiger partial charge in [-0.25, -0.2) is 0 Å². The van der Waals surface area contributed by atoms with Crippen molar-refractivity contribution in [1.29, 1.82) is 0 Å². The molecule has 0 aliphatic heterocycles. The van der Waals surface area contributed by atoms with Gasteiger partial charge >= 0.3 is 0 Å². The smallest absolute Gasteiger partial charge is 0.0272 e. The monoisotopic (exact) mass is 182 g/mol. The molecule has 1 aliphatic rings. The molecule has 78 valence electrons. The third-order valence-corrected chi connectivity index (χ3v) is 5.01. The Balaban J connectivity index is 2.84. The standard InChI is InChI=1S/C13H26/c1-6-12(4)9-8-11(3)10-13(12,5)7-2/h11H,6-10H2,1-5H3/t11?,12-,13+/m1/s1. The summed E-state index contributed by atoms with van der Waals surface area (Å²) in [5.41, 5.74) is 1.20. The molecule has 1 rings (SSSR count). The minimum absolute atomic E-state index is 0.597. The Morgan fingerprint density at radius 3 is 2.08 bits per heavy atom. The van der Waals surface area contributed by atoms with Gasteiger partial charge in [-0.3, -0.25) is 0 Å². The number of rotatable bonds is 2. The van der Waals surface area contributed by atoms with Gasteiger partial charge < -0.3 is 0 Å². The molecule has 1 unspecified atom stereocenters. The molecule has 0 heteroatoms. The van der Waals surface area contributed by atoms with E-state index in [1.807, 2.05) is 0 Å². The zero-order valence-corrected chi connectivity index (χ0v) is 10.1. The Labute approximate surface area is 84.1 Å². The van der Waals surface area contributed by atoms with Gasteiger partial charge in [0.25, 0.3) is 0 Å². The van der Waals surface area contributed by atoms with E-state index in [1.54, 1.807) is 0 Å². The molecule has 0 radical (unpaired) electrons. The van der Waals surface area contributed by atoms with E-state index in [2.05, 4.69) is 34.6 Å². The molecule has 0 saturated heterocycles. The van der Waals surface area contributed by atoms with E-state index in [4.69, 9.17) is 0 Å². The molecule has 0 aromatic carbocycles. The van der Waals surface area contributed by atoms with Gasteiger partial charge in [0.05, 0.1) is 0 Å². The normalized spacial score (nSPS) is 46.4. The fraction of sp³-hybridized carbons (Fsp3) is 1.00. The first-order valence-electron chi connectivity index (χ1n) is 5.97. The minimum Gasteiger partial charge on any atom is -0.0648 e. The Morgan fingerprint density at radius 1 is 1.08 bits per heavy atom. The Kier molecular flexibility index (Phi) is 3.09. The van der Waals surface area contributed by atoms with Gasteiger partial charge in [-0.15, -0.1) is 0 Å². The summed E-state index contributed by atoms with van der Waals surface area (Å²) >= 11 is 0. The first kappa shape index (κ1) is 11.1. The van der Waals surface area contributed by atoms with Crippen LogP contribution in [-0.4, -0.2) is 0 Å². The molecule has 1 fully saturated rings. The number of hydrogen-bond acceptors (Lipinski definition) is 0. The van der Waals surface area contributed by atoms with Crippen LogP contribution in [0.15, 0.2) is 0 Å². The predicted molar refractivity (Wildman–Crippen MR) is 59.8 cm³/mol. The average molecular weight is 182 g/mol. The van der Waals surface area contributed by atoms with E-state index in [9.17, 15) is 0 Å². The van der Waals surface area contributed by atoms with Crippen molar-refractivity contribution >= 4 is 0 Å². The molecular formula is C13H26. The summed E-state index contributed by atoms with van der Waals surface area (Å²) < 4.78 is 0. The second-order valence-electron chi connectivity index (χ2n) is 5.68. The van der Waals surface area contributed by atoms with Crippen molar-refractivity contribution in [1.82, 2.24) is 0 Å². The summed E-state index contributed by atoms with van der Waals surface area (Å²) in [6.07, 6.45) is 7.02. The Bertz CT molecular complexity index is 173. The molecule has 0 bridgehead atoms. The van der Waals surface area contributed by atoms with Crippen LogP contribution in [0, 0.1) is 16.7 Å². The molecule has 0 aromatic heterocycles. The highest BCUT2D eigenvalue weighted by atomic mass is 14.5. The lowest BCUT2D eigenvalue weighted by atomic mass is 9.53. The molecule has 0 spiro atoms. The maximum absolute atomic E-state index is 2.51. The maximum Gasteiger partial charge on any atom is -0.0272 e. The molecule has 0 heterocycles. The van der Waals surface area contributed by atoms with Crippen molar-refractivity contribution in [3.63, 3.8) is 0 Å². The van der Waals surface area contributed by atoms with Crippen molar-refractivity contribution in [2.75, 3.05) is 0 Å². The fourth-order valence-electron chi connectivity index (χ4n) is 3.16. The number of hydrogen-bond donors (Lipinski definition) is 0. The van der Waals surface area contributed by atoms with Gasteiger partial charge in [-0.05, 0) is 29.6 Å². The van der Waals surface area contributed by atoms with Crippen molar-refractivity contribution in [2.24, 2.45) is 16.7 Å². The van der Waals surface area contributed by atoms with Gasteiger partial charge in [0.2, 0.25) is 0 Å². The average Bonchev–Trinajstić information content (AvgIpc) is 2.12. The van der Waals surface area contributed by atoms with Crippen LogP contribution in [0.1, 0.15) is 66.7 Å². The topological polar surface area (TPSA) is 0 Å². The first-order valence-corrected chi connectivity index (χ1v) is 5.97. The summed E-state index contributed by atoms with van der Waals surface area (Å²) in [5, 5.41) is 0. The van der Waals surface area contributed by atoms with Crippen LogP contribution in [0.25, 0.3) is 0 Å². The lowest BCUT2D eigenvalue weighted by Gasteiger charge is -2.52. The van der Waals surface area contributed by atoms with Crippen LogP contribution < -0.4 is 0 Å². The quantitative estimate of drug-likeness (QED) is 0.583. The summed E-state index contributed by atoms with van der Waals surface area (Å²) in [4.78, 5) is 0. The lowest BCUT2D eigenvalue weighted by Crippen LogP contribution is -2.41. The lowest BCUT2D eigenvalue weighted by molar-refractivity contribution is -0.0133. The van der Waals surface area contributed by atoms with Crippen LogP contribution in [0.2, 0.25) is 0 Å². The largest absolute Gasteiger partial charge is 0.0648 e. The van der Waals surface area contributed by atoms with Gasteiger partial charge in [-0.2, -0.15) is 0 Å². The van der Waals surface area contributed by atoms with Gasteiger partial charge in [0.15, 0.2) is 0 Å². The Hall–Kier alpha value is 0. The van der Waals surface area contributed by atoms with Crippen molar-refractivity contribution in [3.8, 4) is 0 Å². The minimum atomic E-state index is 0.597. The van der Waals surface area contributed by atoms with Crippen LogP contribution in [0.4, 0.5) is 0 Å². The molecule has 0 amide bonds. The maximum atomic E-state index is 2.51. The zero-order valence-electron chi connectivity index (χ0n) is 10.1. The van der Waals surface area contributed by atoms with Crippen LogP contribution in [-0.2, 0) is 0 Å². The summed E-state index contributed by atoms with van der Waals surface area (Å²) in [5.74, 6) is 0.949. The van der Waals surface area contributed by atoms with Crippen LogP contribution >= 0.6 is 0 Å². The Morgan fingerprint density at radius 2 is 1.62 bits per heavy atom. The van der Waals surface area contributed by atoms with Crippen LogP contribution in [0.5, 0.6) is 0 Å². The predicted octanol–water partition coefficient (Wildman–Crippen LogP) is 4.64. The summed E-state index contributed by atoms with van der Waals surface area (Å²) in [6.45, 7) is 12.2. The molecule has 13 heavy (non-hydrogen) atoms. The molecule has 0 aromatic rings. The summed E-state index contributed by atoms with van der Waals surface area (Å²) in [6, 6.07) is 0. The molecule has 1 saturated carbocycles.